The average molecular weight is 431 g/mol. The predicted molar refractivity (Wildman–Crippen MR) is 109 cm³/mol. The molecule has 31 heavy (non-hydrogen) atoms. The maximum Gasteiger partial charge on any atom is 0.416 e. The Morgan fingerprint density at radius 1 is 1.26 bits per heavy atom. The number of amides is 3. The molecule has 0 spiro atoms. The molecular weight excluding hydrogens is 411 g/mol. The van der Waals surface area contributed by atoms with Gasteiger partial charge in [-0.3, -0.25) is 9.69 Å². The van der Waals surface area contributed by atoms with Gasteiger partial charge < -0.3 is 15.4 Å². The number of rotatable bonds is 2. The van der Waals surface area contributed by atoms with Gasteiger partial charge in [0.1, 0.15) is 0 Å². The second-order valence-corrected chi connectivity index (χ2v) is 7.35. The van der Waals surface area contributed by atoms with Gasteiger partial charge >= 0.3 is 12.2 Å². The van der Waals surface area contributed by atoms with E-state index >= 15 is 0 Å². The Labute approximate surface area is 176 Å². The number of nitrogens with zero attached hydrogens (tertiary/aromatic N) is 1. The van der Waals surface area contributed by atoms with E-state index in [0.29, 0.717) is 41.1 Å². The van der Waals surface area contributed by atoms with Crippen molar-refractivity contribution in [2.45, 2.75) is 25.7 Å². The Kier molecular flexibility index (Phi) is 5.45. The monoisotopic (exact) mass is 431 g/mol. The fraction of sp³-hybridized carbons (Fsp3) is 0.273. The van der Waals surface area contributed by atoms with Gasteiger partial charge in [-0.2, -0.15) is 13.2 Å². The molecule has 2 aliphatic rings. The first-order valence-corrected chi connectivity index (χ1v) is 9.67. The summed E-state index contributed by atoms with van der Waals surface area (Å²) in [6.45, 7) is 0.631. The van der Waals surface area contributed by atoms with Crippen LogP contribution in [0.15, 0.2) is 42.5 Å². The molecule has 162 valence electrons. The van der Waals surface area contributed by atoms with Crippen molar-refractivity contribution in [2.24, 2.45) is 0 Å². The number of carbonyl (C=O) groups is 2. The fourth-order valence-corrected chi connectivity index (χ4v) is 3.76. The molecule has 9 heteroatoms. The smallest absolute Gasteiger partial charge is 0.376 e. The number of urea groups is 1. The van der Waals surface area contributed by atoms with Crippen molar-refractivity contribution in [3.8, 4) is 0 Å². The predicted octanol–water partition coefficient (Wildman–Crippen LogP) is 4.31. The van der Waals surface area contributed by atoms with Gasteiger partial charge in [-0.1, -0.05) is 12.1 Å². The summed E-state index contributed by atoms with van der Waals surface area (Å²) in [6.07, 6.45) is -2.65. The molecule has 2 aromatic carbocycles. The number of ether oxygens (including phenoxy) is 1. The molecule has 6 nitrogen and oxygen atoms in total. The lowest BCUT2D eigenvalue weighted by Crippen LogP contribution is -2.41. The molecule has 2 aliphatic heterocycles. The summed E-state index contributed by atoms with van der Waals surface area (Å²) in [5, 5.41) is 5.56. The van der Waals surface area contributed by atoms with Crippen LogP contribution >= 0.6 is 0 Å². The second kappa shape index (κ2) is 8.07. The maximum atomic E-state index is 13.0. The Hall–Kier alpha value is -3.33. The van der Waals surface area contributed by atoms with Crippen molar-refractivity contribution in [3.63, 3.8) is 0 Å². The topological polar surface area (TPSA) is 70.7 Å². The molecular formula is C22H20F3N3O3. The van der Waals surface area contributed by atoms with E-state index in [2.05, 4.69) is 10.6 Å². The van der Waals surface area contributed by atoms with Gasteiger partial charge in [0.15, 0.2) is 0 Å². The molecule has 0 saturated heterocycles. The molecule has 3 amide bonds. The number of anilines is 2. The van der Waals surface area contributed by atoms with Crippen LogP contribution in [0.4, 0.5) is 29.3 Å². The summed E-state index contributed by atoms with van der Waals surface area (Å²) in [7, 11) is 1.64. The van der Waals surface area contributed by atoms with E-state index in [4.69, 9.17) is 4.74 Å². The average Bonchev–Trinajstić information content (AvgIpc) is 2.92. The van der Waals surface area contributed by atoms with Gasteiger partial charge in [-0.15, -0.1) is 0 Å². The molecule has 2 aromatic rings. The Morgan fingerprint density at radius 2 is 2.06 bits per heavy atom. The highest BCUT2D eigenvalue weighted by Gasteiger charge is 2.31. The third-order valence-corrected chi connectivity index (χ3v) is 5.35. The zero-order chi connectivity index (χ0) is 22.2. The van der Waals surface area contributed by atoms with E-state index < -0.39 is 17.6 Å². The standard InChI is InChI=1S/C22H20F3N3O3/c1-28-19-4-2-3-18(17(19)11-26-21(28)30)27-20(29)10-13-7-8-31-12-14-9-15(22(23,24)25)5-6-16(13)14/h2-6,9-10H,7-8,11-12H2,1H3,(H,26,30)(H,27,29)/b13-10+. The van der Waals surface area contributed by atoms with Gasteiger partial charge in [-0.05, 0) is 47.4 Å². The van der Waals surface area contributed by atoms with E-state index in [0.717, 1.165) is 17.7 Å². The molecule has 0 fully saturated rings. The molecule has 0 bridgehead atoms. The molecule has 0 aromatic heterocycles. The first-order valence-electron chi connectivity index (χ1n) is 9.67. The highest BCUT2D eigenvalue weighted by molar-refractivity contribution is 6.06. The van der Waals surface area contributed by atoms with Crippen molar-refractivity contribution in [1.29, 1.82) is 0 Å². The highest BCUT2D eigenvalue weighted by Crippen LogP contribution is 2.35. The van der Waals surface area contributed by atoms with E-state index in [1.165, 1.54) is 17.0 Å². The largest absolute Gasteiger partial charge is 0.416 e. The van der Waals surface area contributed by atoms with Crippen LogP contribution in [0.2, 0.25) is 0 Å². The Bertz CT molecular complexity index is 1080. The van der Waals surface area contributed by atoms with E-state index in [9.17, 15) is 22.8 Å². The number of hydrogen-bond acceptors (Lipinski definition) is 3. The summed E-state index contributed by atoms with van der Waals surface area (Å²) in [6, 6.07) is 8.51. The molecule has 0 unspecified atom stereocenters. The quantitative estimate of drug-likeness (QED) is 0.697. The highest BCUT2D eigenvalue weighted by atomic mass is 19.4. The van der Waals surface area contributed by atoms with Gasteiger partial charge in [0.2, 0.25) is 5.91 Å². The van der Waals surface area contributed by atoms with Crippen LogP contribution in [0.25, 0.3) is 5.57 Å². The van der Waals surface area contributed by atoms with E-state index in [1.807, 2.05) is 0 Å². The zero-order valence-corrected chi connectivity index (χ0v) is 16.7. The molecule has 4 rings (SSSR count). The Morgan fingerprint density at radius 3 is 2.84 bits per heavy atom. The minimum absolute atomic E-state index is 0.0520. The van der Waals surface area contributed by atoms with Gasteiger partial charge in [0, 0.05) is 30.9 Å². The SMILES string of the molecule is CN1C(=O)NCc2c(NC(=O)/C=C3\CCOCc4cc(C(F)(F)F)ccc43)cccc21. The van der Waals surface area contributed by atoms with Crippen LogP contribution in [0.1, 0.15) is 28.7 Å². The molecule has 0 atom stereocenters. The number of alkyl halides is 3. The third kappa shape index (κ3) is 4.27. The number of carbonyl (C=O) groups excluding carboxylic acids is 2. The Balaban J connectivity index is 1.62. The lowest BCUT2D eigenvalue weighted by Gasteiger charge is -2.28. The van der Waals surface area contributed by atoms with Gasteiger partial charge in [0.25, 0.3) is 0 Å². The van der Waals surface area contributed by atoms with Gasteiger partial charge in [0.05, 0.1) is 24.5 Å². The van der Waals surface area contributed by atoms with Gasteiger partial charge in [-0.25, -0.2) is 4.79 Å². The first kappa shape index (κ1) is 20.9. The zero-order valence-electron chi connectivity index (χ0n) is 16.7. The minimum atomic E-state index is -4.45. The summed E-state index contributed by atoms with van der Waals surface area (Å²) >= 11 is 0. The van der Waals surface area contributed by atoms with Crippen LogP contribution in [0.5, 0.6) is 0 Å². The molecule has 2 heterocycles. The number of fused-ring (bicyclic) bond motifs is 2. The van der Waals surface area contributed by atoms with Crippen LogP contribution in [0.3, 0.4) is 0 Å². The molecule has 2 N–H and O–H groups in total. The minimum Gasteiger partial charge on any atom is -0.376 e. The van der Waals surface area contributed by atoms with E-state index in [-0.39, 0.29) is 19.2 Å². The lowest BCUT2D eigenvalue weighted by molar-refractivity contribution is -0.137. The summed E-state index contributed by atoms with van der Waals surface area (Å²) in [5.41, 5.74) is 2.86. The van der Waals surface area contributed by atoms with Crippen molar-refractivity contribution in [3.05, 3.63) is 64.7 Å². The second-order valence-electron chi connectivity index (χ2n) is 7.35. The number of halogens is 3. The molecule has 0 saturated carbocycles. The third-order valence-electron chi connectivity index (χ3n) is 5.35. The summed E-state index contributed by atoms with van der Waals surface area (Å²) in [5.74, 6) is -0.407. The normalized spacial score (nSPS) is 17.5. The number of nitrogens with one attached hydrogen (secondary N) is 2. The van der Waals surface area contributed by atoms with Crippen molar-refractivity contribution in [1.82, 2.24) is 5.32 Å². The van der Waals surface area contributed by atoms with Crippen LogP contribution in [0, 0.1) is 0 Å². The lowest BCUT2D eigenvalue weighted by atomic mass is 9.96. The number of hydrogen-bond donors (Lipinski definition) is 2. The maximum absolute atomic E-state index is 13.0. The summed E-state index contributed by atoms with van der Waals surface area (Å²) in [4.78, 5) is 26.0. The van der Waals surface area contributed by atoms with Crippen LogP contribution < -0.4 is 15.5 Å². The van der Waals surface area contributed by atoms with Crippen molar-refractivity contribution < 1.29 is 27.5 Å². The van der Waals surface area contributed by atoms with Crippen molar-refractivity contribution >= 4 is 28.9 Å². The fourth-order valence-electron chi connectivity index (χ4n) is 3.76. The van der Waals surface area contributed by atoms with Crippen molar-refractivity contribution in [2.75, 3.05) is 23.9 Å². The molecule has 0 radical (unpaired) electrons. The van der Waals surface area contributed by atoms with Crippen LogP contribution in [-0.4, -0.2) is 25.6 Å². The van der Waals surface area contributed by atoms with E-state index in [1.54, 1.807) is 25.2 Å². The molecule has 0 aliphatic carbocycles. The van der Waals surface area contributed by atoms with Crippen LogP contribution in [-0.2, 0) is 28.9 Å². The first-order chi connectivity index (χ1) is 14.7. The summed E-state index contributed by atoms with van der Waals surface area (Å²) < 4.78 is 44.6. The number of benzene rings is 2.